The number of nitrogens with two attached hydrogens (primary N) is 1. The van der Waals surface area contributed by atoms with E-state index >= 15 is 0 Å². The van der Waals surface area contributed by atoms with Gasteiger partial charge in [0.1, 0.15) is 5.60 Å². The summed E-state index contributed by atoms with van der Waals surface area (Å²) in [7, 11) is 1.11. The van der Waals surface area contributed by atoms with Crippen LogP contribution in [0.25, 0.3) is 0 Å². The summed E-state index contributed by atoms with van der Waals surface area (Å²) in [6, 6.07) is 0. The zero-order chi connectivity index (χ0) is 16.1. The smallest absolute Gasteiger partial charge is 0.364 e. The molecule has 0 saturated heterocycles. The van der Waals surface area contributed by atoms with Crippen molar-refractivity contribution in [1.82, 2.24) is 0 Å². The molecule has 0 aliphatic heterocycles. The van der Waals surface area contributed by atoms with E-state index in [9.17, 15) is 9.59 Å². The minimum Gasteiger partial charge on any atom is -0.464 e. The molecule has 3 N–H and O–H groups in total. The highest BCUT2D eigenvalue weighted by molar-refractivity contribution is 6.64. The van der Waals surface area contributed by atoms with Crippen LogP contribution in [0, 0.1) is 5.41 Å². The Morgan fingerprint density at radius 3 is 2.00 bits per heavy atom. The Morgan fingerprint density at radius 1 is 1.15 bits per heavy atom. The number of esters is 2. The van der Waals surface area contributed by atoms with Crippen LogP contribution < -0.4 is 5.73 Å². The number of carbonyl (C=O) groups excluding carboxylic acids is 2. The molecule has 0 atom stereocenters. The van der Waals surface area contributed by atoms with Crippen LogP contribution >= 0.6 is 0 Å². The number of oxime groups is 1. The predicted molar refractivity (Wildman–Crippen MR) is 72.4 cm³/mol. The van der Waals surface area contributed by atoms with E-state index in [1.54, 1.807) is 20.8 Å². The van der Waals surface area contributed by atoms with Gasteiger partial charge in [-0.05, 0) is 34.6 Å². The SMILES string of the molecule is COC(=O)/C(=N\OC(C)(C)C(=O)OC(C)(C)C)C(=N)N. The molecular formula is C12H21N3O5. The number of hydrogen-bond donors (Lipinski definition) is 2. The molecule has 114 valence electrons. The molecule has 0 saturated carbocycles. The molecule has 0 aliphatic carbocycles. The Hall–Kier alpha value is -2.12. The molecule has 20 heavy (non-hydrogen) atoms. The summed E-state index contributed by atoms with van der Waals surface area (Å²) in [5.41, 5.74) is 2.52. The highest BCUT2D eigenvalue weighted by Gasteiger charge is 2.35. The zero-order valence-corrected chi connectivity index (χ0v) is 12.6. The summed E-state index contributed by atoms with van der Waals surface area (Å²) in [5.74, 6) is -2.23. The first kappa shape index (κ1) is 17.9. The van der Waals surface area contributed by atoms with Crippen molar-refractivity contribution in [3.8, 4) is 0 Å². The van der Waals surface area contributed by atoms with Crippen LogP contribution in [-0.4, -0.2) is 41.8 Å². The number of rotatable bonds is 5. The normalized spacial score (nSPS) is 12.6. The molecule has 0 heterocycles. The summed E-state index contributed by atoms with van der Waals surface area (Å²) < 4.78 is 9.54. The van der Waals surface area contributed by atoms with Crippen molar-refractivity contribution in [2.45, 2.75) is 45.8 Å². The third kappa shape index (κ3) is 5.68. The monoisotopic (exact) mass is 287 g/mol. The molecule has 0 radical (unpaired) electrons. The van der Waals surface area contributed by atoms with Gasteiger partial charge in [-0.2, -0.15) is 0 Å². The van der Waals surface area contributed by atoms with Gasteiger partial charge < -0.3 is 20.0 Å². The standard InChI is InChI=1S/C12H21N3O5/c1-11(2,3)19-10(17)12(4,5)20-15-7(8(13)14)9(16)18-6/h1-6H3,(H3,13,14)/b15-7-. The molecule has 0 aromatic carbocycles. The van der Waals surface area contributed by atoms with Crippen molar-refractivity contribution in [3.05, 3.63) is 0 Å². The van der Waals surface area contributed by atoms with E-state index in [2.05, 4.69) is 9.89 Å². The first-order valence-electron chi connectivity index (χ1n) is 5.83. The lowest BCUT2D eigenvalue weighted by molar-refractivity contribution is -0.179. The van der Waals surface area contributed by atoms with Crippen LogP contribution in [0.4, 0.5) is 0 Å². The topological polar surface area (TPSA) is 124 Å². The molecule has 8 nitrogen and oxygen atoms in total. The second-order valence-corrected chi connectivity index (χ2v) is 5.45. The summed E-state index contributed by atoms with van der Waals surface area (Å²) in [6.07, 6.45) is 0. The molecule has 0 aromatic rings. The average molecular weight is 287 g/mol. The van der Waals surface area contributed by atoms with Gasteiger partial charge in [-0.15, -0.1) is 0 Å². The van der Waals surface area contributed by atoms with Crippen LogP contribution in [0.15, 0.2) is 5.16 Å². The predicted octanol–water partition coefficient (Wildman–Crippen LogP) is 0.588. The second-order valence-electron chi connectivity index (χ2n) is 5.45. The van der Waals surface area contributed by atoms with Crippen molar-refractivity contribution in [1.29, 1.82) is 5.41 Å². The molecule has 8 heteroatoms. The maximum Gasteiger partial charge on any atom is 0.364 e. The highest BCUT2D eigenvalue weighted by Crippen LogP contribution is 2.17. The summed E-state index contributed by atoms with van der Waals surface area (Å²) in [6.45, 7) is 7.96. The molecule has 0 rings (SSSR count). The molecule has 0 unspecified atom stereocenters. The van der Waals surface area contributed by atoms with Gasteiger partial charge in [0.25, 0.3) is 0 Å². The Labute approximate surface area is 117 Å². The summed E-state index contributed by atoms with van der Waals surface area (Å²) >= 11 is 0. The van der Waals surface area contributed by atoms with Gasteiger partial charge in [-0.25, -0.2) is 9.59 Å². The van der Waals surface area contributed by atoms with Gasteiger partial charge >= 0.3 is 11.9 Å². The highest BCUT2D eigenvalue weighted by atomic mass is 16.7. The molecule has 0 spiro atoms. The van der Waals surface area contributed by atoms with Gasteiger partial charge in [0.15, 0.2) is 5.84 Å². The van der Waals surface area contributed by atoms with Crippen molar-refractivity contribution in [2.24, 2.45) is 10.9 Å². The van der Waals surface area contributed by atoms with Crippen molar-refractivity contribution in [2.75, 3.05) is 7.11 Å². The van der Waals surface area contributed by atoms with E-state index in [1.807, 2.05) is 0 Å². The lowest BCUT2D eigenvalue weighted by Crippen LogP contribution is -2.41. The molecule has 0 bridgehead atoms. The van der Waals surface area contributed by atoms with Crippen LogP contribution in [0.3, 0.4) is 0 Å². The van der Waals surface area contributed by atoms with Crippen molar-refractivity contribution in [3.63, 3.8) is 0 Å². The van der Waals surface area contributed by atoms with Gasteiger partial charge in [-0.3, -0.25) is 5.41 Å². The van der Waals surface area contributed by atoms with Crippen LogP contribution in [0.1, 0.15) is 34.6 Å². The van der Waals surface area contributed by atoms with Crippen LogP contribution in [0.2, 0.25) is 0 Å². The largest absolute Gasteiger partial charge is 0.464 e. The Balaban J connectivity index is 5.03. The molecule has 0 amide bonds. The fraction of sp³-hybridized carbons (Fsp3) is 0.667. The lowest BCUT2D eigenvalue weighted by atomic mass is 10.1. The van der Waals surface area contributed by atoms with Crippen LogP contribution in [-0.2, 0) is 23.9 Å². The third-order valence-corrected chi connectivity index (χ3v) is 1.89. The third-order valence-electron chi connectivity index (χ3n) is 1.89. The molecule has 0 aliphatic rings. The van der Waals surface area contributed by atoms with Gasteiger partial charge in [0.2, 0.25) is 11.3 Å². The van der Waals surface area contributed by atoms with E-state index in [4.69, 9.17) is 20.7 Å². The summed E-state index contributed by atoms with van der Waals surface area (Å²) in [4.78, 5) is 28.2. The number of nitrogens with zero attached hydrogens (tertiary/aromatic N) is 1. The minimum absolute atomic E-state index is 0.524. The van der Waals surface area contributed by atoms with Crippen LogP contribution in [0.5, 0.6) is 0 Å². The summed E-state index contributed by atoms with van der Waals surface area (Å²) in [5, 5.41) is 10.6. The number of methoxy groups -OCH3 is 1. The van der Waals surface area contributed by atoms with E-state index in [-0.39, 0.29) is 0 Å². The first-order chi connectivity index (χ1) is 8.90. The van der Waals surface area contributed by atoms with Gasteiger partial charge in [-0.1, -0.05) is 5.16 Å². The molecule has 0 aromatic heterocycles. The Morgan fingerprint density at radius 2 is 1.65 bits per heavy atom. The van der Waals surface area contributed by atoms with Crippen molar-refractivity contribution < 1.29 is 23.9 Å². The Kier molecular flexibility index (Phi) is 5.68. The number of amidine groups is 1. The maximum atomic E-state index is 11.9. The maximum absolute atomic E-state index is 11.9. The Bertz CT molecular complexity index is 435. The van der Waals surface area contributed by atoms with Gasteiger partial charge in [0, 0.05) is 0 Å². The van der Waals surface area contributed by atoms with Crippen molar-refractivity contribution >= 4 is 23.5 Å². The lowest BCUT2D eigenvalue weighted by Gasteiger charge is -2.26. The van der Waals surface area contributed by atoms with E-state index in [0.29, 0.717) is 0 Å². The quantitative estimate of drug-likeness (QED) is 0.330. The molecular weight excluding hydrogens is 266 g/mol. The number of hydrogen-bond acceptors (Lipinski definition) is 7. The number of ether oxygens (including phenoxy) is 2. The fourth-order valence-corrected chi connectivity index (χ4v) is 0.891. The number of carbonyl (C=O) groups is 2. The van der Waals surface area contributed by atoms with E-state index < -0.39 is 34.7 Å². The van der Waals surface area contributed by atoms with E-state index in [1.165, 1.54) is 13.8 Å². The van der Waals surface area contributed by atoms with Gasteiger partial charge in [0.05, 0.1) is 7.11 Å². The first-order valence-corrected chi connectivity index (χ1v) is 5.83. The fourth-order valence-electron chi connectivity index (χ4n) is 0.891. The zero-order valence-electron chi connectivity index (χ0n) is 12.6. The minimum atomic E-state index is -1.44. The number of nitrogens with one attached hydrogen (secondary N) is 1. The second kappa shape index (κ2) is 6.36. The van der Waals surface area contributed by atoms with E-state index in [0.717, 1.165) is 7.11 Å². The molecule has 0 fully saturated rings. The average Bonchev–Trinajstić information content (AvgIpc) is 2.25.